The molecule has 0 aliphatic rings. The molecule has 0 saturated heterocycles. The zero-order chi connectivity index (χ0) is 12.5. The van der Waals surface area contributed by atoms with E-state index in [4.69, 9.17) is 17.0 Å². The molecule has 2 N–H and O–H groups in total. The van der Waals surface area contributed by atoms with E-state index in [2.05, 4.69) is 15.8 Å². The van der Waals surface area contributed by atoms with Gasteiger partial charge in [-0.2, -0.15) is 5.10 Å². The van der Waals surface area contributed by atoms with Gasteiger partial charge in [0.05, 0.1) is 12.8 Å². The summed E-state index contributed by atoms with van der Waals surface area (Å²) in [5.41, 5.74) is 3.72. The molecule has 0 spiro atoms. The van der Waals surface area contributed by atoms with Gasteiger partial charge in [0.25, 0.3) is 0 Å². The summed E-state index contributed by atoms with van der Waals surface area (Å²) >= 11 is 4.97. The maximum absolute atomic E-state index is 5.34. The normalized spacial score (nSPS) is 10.2. The van der Waals surface area contributed by atoms with Crippen LogP contribution >= 0.6 is 12.2 Å². The SMILES string of the molecule is CCNC(=S)N/N=C/c1ccc(OCC)cc1. The Morgan fingerprint density at radius 2 is 2.06 bits per heavy atom. The van der Waals surface area contributed by atoms with Gasteiger partial charge in [0.15, 0.2) is 5.11 Å². The first kappa shape index (κ1) is 13.4. The van der Waals surface area contributed by atoms with E-state index in [9.17, 15) is 0 Å². The van der Waals surface area contributed by atoms with Gasteiger partial charge in [0.1, 0.15) is 5.75 Å². The molecule has 0 saturated carbocycles. The summed E-state index contributed by atoms with van der Waals surface area (Å²) in [6, 6.07) is 7.69. The molecule has 0 aliphatic heterocycles. The monoisotopic (exact) mass is 251 g/mol. The van der Waals surface area contributed by atoms with E-state index in [0.717, 1.165) is 17.9 Å². The molecule has 0 heterocycles. The van der Waals surface area contributed by atoms with Crippen LogP contribution in [0.3, 0.4) is 0 Å². The molecule has 92 valence electrons. The van der Waals surface area contributed by atoms with Crippen LogP contribution in [0, 0.1) is 0 Å². The Hall–Kier alpha value is -1.62. The van der Waals surface area contributed by atoms with Crippen LogP contribution in [-0.2, 0) is 0 Å². The number of benzene rings is 1. The Morgan fingerprint density at radius 1 is 1.35 bits per heavy atom. The van der Waals surface area contributed by atoms with Crippen LogP contribution in [0.2, 0.25) is 0 Å². The standard InChI is InChI=1S/C12H17N3OS/c1-3-13-12(17)15-14-9-10-5-7-11(8-6-10)16-4-2/h5-9H,3-4H2,1-2H3,(H2,13,15,17)/b14-9+. The second-order valence-corrected chi connectivity index (χ2v) is 3.64. The molecule has 17 heavy (non-hydrogen) atoms. The van der Waals surface area contributed by atoms with Crippen molar-refractivity contribution in [1.82, 2.24) is 10.7 Å². The quantitative estimate of drug-likeness (QED) is 0.477. The van der Waals surface area contributed by atoms with Crippen molar-refractivity contribution in [3.63, 3.8) is 0 Å². The van der Waals surface area contributed by atoms with E-state index >= 15 is 0 Å². The number of hydrazone groups is 1. The van der Waals surface area contributed by atoms with Gasteiger partial charge in [-0.25, -0.2) is 0 Å². The predicted octanol–water partition coefficient (Wildman–Crippen LogP) is 1.90. The lowest BCUT2D eigenvalue weighted by atomic mass is 10.2. The molecular formula is C12H17N3OS. The first-order valence-electron chi connectivity index (χ1n) is 5.56. The zero-order valence-electron chi connectivity index (χ0n) is 10.1. The van der Waals surface area contributed by atoms with Crippen molar-refractivity contribution in [3.05, 3.63) is 29.8 Å². The van der Waals surface area contributed by atoms with Crippen molar-refractivity contribution in [1.29, 1.82) is 0 Å². The molecule has 0 atom stereocenters. The summed E-state index contributed by atoms with van der Waals surface area (Å²) in [7, 11) is 0. The Bertz CT molecular complexity index is 376. The highest BCUT2D eigenvalue weighted by Gasteiger charge is 1.92. The number of rotatable bonds is 5. The van der Waals surface area contributed by atoms with E-state index in [1.54, 1.807) is 6.21 Å². The third-order valence-corrected chi connectivity index (χ3v) is 2.14. The summed E-state index contributed by atoms with van der Waals surface area (Å²) in [6.07, 6.45) is 1.71. The van der Waals surface area contributed by atoms with Crippen LogP contribution in [0.15, 0.2) is 29.4 Å². The molecule has 0 unspecified atom stereocenters. The maximum Gasteiger partial charge on any atom is 0.186 e. The lowest BCUT2D eigenvalue weighted by Gasteiger charge is -2.03. The fourth-order valence-electron chi connectivity index (χ4n) is 1.18. The van der Waals surface area contributed by atoms with Crippen LogP contribution < -0.4 is 15.5 Å². The minimum Gasteiger partial charge on any atom is -0.494 e. The summed E-state index contributed by atoms with van der Waals surface area (Å²) in [5.74, 6) is 0.862. The predicted molar refractivity (Wildman–Crippen MR) is 74.6 cm³/mol. The number of hydrogen-bond donors (Lipinski definition) is 2. The van der Waals surface area contributed by atoms with Crippen molar-refractivity contribution < 1.29 is 4.74 Å². The summed E-state index contributed by atoms with van der Waals surface area (Å²) in [6.45, 7) is 5.39. The van der Waals surface area contributed by atoms with E-state index in [0.29, 0.717) is 11.7 Å². The van der Waals surface area contributed by atoms with Gasteiger partial charge in [0, 0.05) is 6.54 Å². The fourth-order valence-corrected chi connectivity index (χ4v) is 1.38. The molecule has 0 bridgehead atoms. The van der Waals surface area contributed by atoms with Crippen LogP contribution in [-0.4, -0.2) is 24.5 Å². The zero-order valence-corrected chi connectivity index (χ0v) is 10.9. The molecule has 1 rings (SSSR count). The number of ether oxygens (including phenoxy) is 1. The molecule has 4 nitrogen and oxygen atoms in total. The third-order valence-electron chi connectivity index (χ3n) is 1.91. The van der Waals surface area contributed by atoms with Gasteiger partial charge in [-0.05, 0) is 55.9 Å². The molecule has 0 amide bonds. The number of hydrogen-bond acceptors (Lipinski definition) is 3. The smallest absolute Gasteiger partial charge is 0.186 e. The summed E-state index contributed by atoms with van der Waals surface area (Å²) in [5, 5.41) is 7.48. The lowest BCUT2D eigenvalue weighted by molar-refractivity contribution is 0.340. The molecule has 0 aliphatic carbocycles. The van der Waals surface area contributed by atoms with E-state index in [1.807, 2.05) is 38.1 Å². The van der Waals surface area contributed by atoms with Crippen molar-refractivity contribution >= 4 is 23.5 Å². The largest absolute Gasteiger partial charge is 0.494 e. The summed E-state index contributed by atoms with van der Waals surface area (Å²) < 4.78 is 5.34. The summed E-state index contributed by atoms with van der Waals surface area (Å²) in [4.78, 5) is 0. The minimum absolute atomic E-state index is 0.523. The minimum atomic E-state index is 0.523. The van der Waals surface area contributed by atoms with Crippen molar-refractivity contribution in [3.8, 4) is 5.75 Å². The Labute approximate surface area is 107 Å². The maximum atomic E-state index is 5.34. The van der Waals surface area contributed by atoms with Gasteiger partial charge >= 0.3 is 0 Å². The van der Waals surface area contributed by atoms with E-state index < -0.39 is 0 Å². The van der Waals surface area contributed by atoms with Crippen molar-refractivity contribution in [2.75, 3.05) is 13.2 Å². The van der Waals surface area contributed by atoms with Gasteiger partial charge < -0.3 is 10.1 Å². The molecule has 0 radical (unpaired) electrons. The fraction of sp³-hybridized carbons (Fsp3) is 0.333. The first-order valence-corrected chi connectivity index (χ1v) is 5.96. The van der Waals surface area contributed by atoms with Crippen LogP contribution in [0.25, 0.3) is 0 Å². The van der Waals surface area contributed by atoms with E-state index in [1.165, 1.54) is 0 Å². The van der Waals surface area contributed by atoms with Crippen molar-refractivity contribution in [2.24, 2.45) is 5.10 Å². The number of nitrogens with zero attached hydrogens (tertiary/aromatic N) is 1. The van der Waals surface area contributed by atoms with Crippen LogP contribution in [0.4, 0.5) is 0 Å². The van der Waals surface area contributed by atoms with Crippen LogP contribution in [0.5, 0.6) is 5.75 Å². The second-order valence-electron chi connectivity index (χ2n) is 3.23. The highest BCUT2D eigenvalue weighted by molar-refractivity contribution is 7.80. The molecule has 1 aromatic carbocycles. The molecule has 0 fully saturated rings. The van der Waals surface area contributed by atoms with E-state index in [-0.39, 0.29) is 0 Å². The second kappa shape index (κ2) is 7.62. The van der Waals surface area contributed by atoms with Gasteiger partial charge in [-0.1, -0.05) is 0 Å². The topological polar surface area (TPSA) is 45.7 Å². The number of thiocarbonyl (C=S) groups is 1. The Kier molecular flexibility index (Phi) is 6.03. The molecule has 1 aromatic rings. The lowest BCUT2D eigenvalue weighted by Crippen LogP contribution is -2.31. The molecular weight excluding hydrogens is 234 g/mol. The highest BCUT2D eigenvalue weighted by atomic mass is 32.1. The molecule has 0 aromatic heterocycles. The third kappa shape index (κ3) is 5.31. The van der Waals surface area contributed by atoms with Crippen LogP contribution in [0.1, 0.15) is 19.4 Å². The molecule has 5 heteroatoms. The Balaban J connectivity index is 2.45. The van der Waals surface area contributed by atoms with Gasteiger partial charge in [0.2, 0.25) is 0 Å². The highest BCUT2D eigenvalue weighted by Crippen LogP contribution is 2.10. The Morgan fingerprint density at radius 3 is 2.65 bits per heavy atom. The first-order chi connectivity index (χ1) is 8.26. The van der Waals surface area contributed by atoms with Crippen molar-refractivity contribution in [2.45, 2.75) is 13.8 Å². The number of nitrogens with one attached hydrogen (secondary N) is 2. The average Bonchev–Trinajstić information content (AvgIpc) is 2.32. The van der Waals surface area contributed by atoms with Gasteiger partial charge in [-0.3, -0.25) is 5.43 Å². The average molecular weight is 251 g/mol. The van der Waals surface area contributed by atoms with Gasteiger partial charge in [-0.15, -0.1) is 0 Å².